The van der Waals surface area contributed by atoms with E-state index in [0.717, 1.165) is 0 Å². The van der Waals surface area contributed by atoms with Gasteiger partial charge in [0.15, 0.2) is 10.3 Å². The predicted molar refractivity (Wildman–Crippen MR) is 85.9 cm³/mol. The van der Waals surface area contributed by atoms with Crippen molar-refractivity contribution in [2.24, 2.45) is 0 Å². The Morgan fingerprint density at radius 1 is 1.05 bits per heavy atom. The van der Waals surface area contributed by atoms with E-state index in [2.05, 4.69) is 14.7 Å². The molecule has 0 fully saturated rings. The molecule has 11 heteroatoms. The van der Waals surface area contributed by atoms with E-state index in [1.807, 2.05) is 0 Å². The van der Waals surface area contributed by atoms with Crippen LogP contribution in [-0.4, -0.2) is 25.5 Å². The van der Waals surface area contributed by atoms with Crippen molar-refractivity contribution in [3.8, 4) is 5.88 Å². The molecule has 2 rings (SSSR count). The largest absolute Gasteiger partial charge is 0.478 e. The van der Waals surface area contributed by atoms with Crippen molar-refractivity contribution in [3.63, 3.8) is 0 Å². The zero-order valence-corrected chi connectivity index (χ0v) is 14.6. The van der Waals surface area contributed by atoms with Gasteiger partial charge in [-0.1, -0.05) is 46.4 Å². The molecule has 0 saturated carbocycles. The molecule has 1 N–H and O–H groups in total. The molecule has 1 aromatic carbocycles. The van der Waals surface area contributed by atoms with Gasteiger partial charge in [0.2, 0.25) is 5.82 Å². The lowest BCUT2D eigenvalue weighted by atomic mass is 10.4. The number of nitrogens with one attached hydrogen (secondary N) is 1. The average Bonchev–Trinajstić information content (AvgIpc) is 2.45. The molecule has 0 atom stereocenters. The van der Waals surface area contributed by atoms with E-state index >= 15 is 0 Å². The minimum Gasteiger partial charge on any atom is -0.478 e. The highest BCUT2D eigenvalue weighted by atomic mass is 35.5. The second-order valence-electron chi connectivity index (χ2n) is 3.84. The number of halogens is 4. The SMILES string of the molecule is COc1nc(Cl)c(Cl)nc1NS(=O)(=O)c1ccc(Cl)c(Cl)c1. The lowest BCUT2D eigenvalue weighted by Gasteiger charge is -2.11. The first-order chi connectivity index (χ1) is 10.2. The number of benzene rings is 1. The Morgan fingerprint density at radius 2 is 1.68 bits per heavy atom. The molecule has 2 aromatic rings. The van der Waals surface area contributed by atoms with E-state index < -0.39 is 10.0 Å². The van der Waals surface area contributed by atoms with Crippen molar-refractivity contribution in [1.29, 1.82) is 0 Å². The highest BCUT2D eigenvalue weighted by Gasteiger charge is 2.21. The zero-order chi connectivity index (χ0) is 16.5. The van der Waals surface area contributed by atoms with Gasteiger partial charge >= 0.3 is 0 Å². The molecule has 1 aromatic heterocycles. The fourth-order valence-electron chi connectivity index (χ4n) is 1.42. The van der Waals surface area contributed by atoms with Crippen LogP contribution in [0.25, 0.3) is 0 Å². The highest BCUT2D eigenvalue weighted by Crippen LogP contribution is 2.30. The van der Waals surface area contributed by atoms with Crippen molar-refractivity contribution in [3.05, 3.63) is 38.6 Å². The first kappa shape index (κ1) is 17.4. The smallest absolute Gasteiger partial charge is 0.263 e. The Bertz CT molecular complexity index is 830. The van der Waals surface area contributed by atoms with Crippen LogP contribution in [0.15, 0.2) is 23.1 Å². The van der Waals surface area contributed by atoms with Gasteiger partial charge < -0.3 is 4.74 Å². The quantitative estimate of drug-likeness (QED) is 0.838. The fraction of sp³-hybridized carbons (Fsp3) is 0.0909. The summed E-state index contributed by atoms with van der Waals surface area (Å²) in [7, 11) is -2.71. The lowest BCUT2D eigenvalue weighted by Crippen LogP contribution is -2.15. The van der Waals surface area contributed by atoms with Gasteiger partial charge in [0, 0.05) is 0 Å². The fourth-order valence-corrected chi connectivity index (χ4v) is 3.05. The summed E-state index contributed by atoms with van der Waals surface area (Å²) >= 11 is 23.0. The molecule has 0 spiro atoms. The van der Waals surface area contributed by atoms with Gasteiger partial charge in [-0.2, -0.15) is 4.98 Å². The third-order valence-electron chi connectivity index (χ3n) is 2.41. The Balaban J connectivity index is 2.44. The van der Waals surface area contributed by atoms with Crippen molar-refractivity contribution in [2.75, 3.05) is 11.8 Å². The third-order valence-corrected chi connectivity index (χ3v) is 5.11. The number of nitrogens with zero attached hydrogens (tertiary/aromatic N) is 2. The maximum Gasteiger partial charge on any atom is 0.263 e. The second-order valence-corrected chi connectivity index (χ2v) is 7.06. The molecule has 0 aliphatic rings. The Morgan fingerprint density at radius 3 is 2.27 bits per heavy atom. The van der Waals surface area contributed by atoms with E-state index in [1.165, 1.54) is 25.3 Å². The summed E-state index contributed by atoms with van der Waals surface area (Å²) in [6.45, 7) is 0. The van der Waals surface area contributed by atoms with Gasteiger partial charge in [-0.05, 0) is 18.2 Å². The molecule has 22 heavy (non-hydrogen) atoms. The van der Waals surface area contributed by atoms with Crippen LogP contribution in [0.5, 0.6) is 5.88 Å². The van der Waals surface area contributed by atoms with E-state index in [1.54, 1.807) is 0 Å². The summed E-state index contributed by atoms with van der Waals surface area (Å²) in [5.41, 5.74) is 0. The number of hydrogen-bond acceptors (Lipinski definition) is 5. The molecule has 0 aliphatic heterocycles. The molecule has 0 saturated heterocycles. The summed E-state index contributed by atoms with van der Waals surface area (Å²) in [4.78, 5) is 7.45. The third kappa shape index (κ3) is 3.67. The Labute approximate surface area is 146 Å². The number of rotatable bonds is 4. The van der Waals surface area contributed by atoms with Crippen LogP contribution in [0.4, 0.5) is 5.82 Å². The van der Waals surface area contributed by atoms with Gasteiger partial charge in [-0.15, -0.1) is 0 Å². The van der Waals surface area contributed by atoms with Crippen LogP contribution in [0.1, 0.15) is 0 Å². The number of sulfonamides is 1. The van der Waals surface area contributed by atoms with Crippen LogP contribution < -0.4 is 9.46 Å². The lowest BCUT2D eigenvalue weighted by molar-refractivity contribution is 0.398. The summed E-state index contributed by atoms with van der Waals surface area (Å²) in [5, 5.41) is 0.0366. The molecule has 118 valence electrons. The van der Waals surface area contributed by atoms with Crippen molar-refractivity contribution < 1.29 is 13.2 Å². The van der Waals surface area contributed by atoms with Gasteiger partial charge in [-0.25, -0.2) is 13.4 Å². The summed E-state index contributed by atoms with van der Waals surface area (Å²) in [6, 6.07) is 3.84. The number of methoxy groups -OCH3 is 1. The molecule has 0 radical (unpaired) electrons. The molecule has 0 bridgehead atoms. The monoisotopic (exact) mass is 401 g/mol. The first-order valence-corrected chi connectivity index (χ1v) is 8.49. The second kappa shape index (κ2) is 6.64. The molecular weight excluding hydrogens is 396 g/mol. The predicted octanol–water partition coefficient (Wildman–Crippen LogP) is 3.90. The number of anilines is 1. The molecule has 0 aliphatic carbocycles. The first-order valence-electron chi connectivity index (χ1n) is 5.49. The zero-order valence-electron chi connectivity index (χ0n) is 10.8. The maximum absolute atomic E-state index is 12.3. The Hall–Kier alpha value is -0.990. The van der Waals surface area contributed by atoms with Crippen molar-refractivity contribution in [1.82, 2.24) is 9.97 Å². The average molecular weight is 403 g/mol. The van der Waals surface area contributed by atoms with Crippen LogP contribution in [0.2, 0.25) is 20.4 Å². The topological polar surface area (TPSA) is 81.2 Å². The molecule has 0 unspecified atom stereocenters. The number of aromatic nitrogens is 2. The van der Waals surface area contributed by atoms with Gasteiger partial charge in [0.1, 0.15) is 0 Å². The minimum atomic E-state index is -3.99. The van der Waals surface area contributed by atoms with Crippen molar-refractivity contribution in [2.45, 2.75) is 4.90 Å². The molecule has 1 heterocycles. The van der Waals surface area contributed by atoms with Crippen LogP contribution in [-0.2, 0) is 10.0 Å². The summed E-state index contributed by atoms with van der Waals surface area (Å²) < 4.78 is 31.7. The number of ether oxygens (including phenoxy) is 1. The normalized spacial score (nSPS) is 11.3. The summed E-state index contributed by atoms with van der Waals surface area (Å²) in [5.74, 6) is -0.332. The highest BCUT2D eigenvalue weighted by molar-refractivity contribution is 7.92. The Kier molecular flexibility index (Phi) is 5.24. The van der Waals surface area contributed by atoms with Gasteiger partial charge in [0.05, 0.1) is 22.1 Å². The molecule has 0 amide bonds. The maximum atomic E-state index is 12.3. The van der Waals surface area contributed by atoms with Crippen molar-refractivity contribution >= 4 is 62.2 Å². The van der Waals surface area contributed by atoms with E-state index in [-0.39, 0.29) is 36.9 Å². The number of hydrogen-bond donors (Lipinski definition) is 1. The standard InChI is InChI=1S/C11H7Cl4N3O3S/c1-21-11-10(16-8(14)9(15)17-11)18-22(19,20)5-2-3-6(12)7(13)4-5/h2-4H,1H3,(H,16,18). The molecule has 6 nitrogen and oxygen atoms in total. The van der Waals surface area contributed by atoms with Crippen LogP contribution >= 0.6 is 46.4 Å². The van der Waals surface area contributed by atoms with Crippen LogP contribution in [0, 0.1) is 0 Å². The van der Waals surface area contributed by atoms with E-state index in [9.17, 15) is 8.42 Å². The van der Waals surface area contributed by atoms with Gasteiger partial charge in [0.25, 0.3) is 15.9 Å². The van der Waals surface area contributed by atoms with Gasteiger partial charge in [-0.3, -0.25) is 4.72 Å². The van der Waals surface area contributed by atoms with E-state index in [0.29, 0.717) is 0 Å². The molecular formula is C11H7Cl4N3O3S. The van der Waals surface area contributed by atoms with Crippen LogP contribution in [0.3, 0.4) is 0 Å². The summed E-state index contributed by atoms with van der Waals surface area (Å²) in [6.07, 6.45) is 0. The van der Waals surface area contributed by atoms with E-state index in [4.69, 9.17) is 51.1 Å². The minimum absolute atomic E-state index is 0.0942.